The van der Waals surface area contributed by atoms with E-state index in [1.165, 1.54) is 18.2 Å². The number of likely N-dealkylation sites (N-methyl/N-ethyl adjacent to an activating group) is 1. The third kappa shape index (κ3) is 4.62. The zero-order valence-corrected chi connectivity index (χ0v) is 15.8. The zero-order chi connectivity index (χ0) is 21.2. The van der Waals surface area contributed by atoms with Gasteiger partial charge in [-0.1, -0.05) is 24.3 Å². The monoisotopic (exact) mass is 405 g/mol. The second kappa shape index (κ2) is 8.04. The van der Waals surface area contributed by atoms with Crippen LogP contribution >= 0.6 is 0 Å². The quantitative estimate of drug-likeness (QED) is 0.609. The molecule has 29 heavy (non-hydrogen) atoms. The van der Waals surface area contributed by atoms with Crippen LogP contribution in [-0.4, -0.2) is 29.5 Å². The number of aromatic amines is 1. The Morgan fingerprint density at radius 2 is 1.83 bits per heavy atom. The minimum Gasteiger partial charge on any atom is -0.321 e. The molecule has 0 radical (unpaired) electrons. The topological polar surface area (TPSA) is 79.3 Å². The van der Waals surface area contributed by atoms with Gasteiger partial charge in [-0.05, 0) is 31.2 Å². The lowest BCUT2D eigenvalue weighted by atomic mass is 10.1. The van der Waals surface area contributed by atoms with Crippen LogP contribution in [0.4, 0.5) is 18.9 Å². The fourth-order valence-electron chi connectivity index (χ4n) is 2.98. The fourth-order valence-corrected chi connectivity index (χ4v) is 2.98. The molecular weight excluding hydrogens is 385 g/mol. The van der Waals surface area contributed by atoms with Gasteiger partial charge >= 0.3 is 6.18 Å². The van der Waals surface area contributed by atoms with Crippen LogP contribution in [0.1, 0.15) is 24.4 Å². The molecule has 0 bridgehead atoms. The molecule has 2 aromatic carbocycles. The molecule has 1 heterocycles. The molecule has 2 atom stereocenters. The highest BCUT2D eigenvalue weighted by molar-refractivity contribution is 5.92. The van der Waals surface area contributed by atoms with Gasteiger partial charge in [0.05, 0.1) is 29.2 Å². The number of alkyl halides is 3. The average molecular weight is 405 g/mol. The van der Waals surface area contributed by atoms with E-state index in [-0.39, 0.29) is 23.8 Å². The Balaban J connectivity index is 1.74. The molecule has 6 nitrogen and oxygen atoms in total. The Kier molecular flexibility index (Phi) is 5.69. The number of carbonyl (C=O) groups excluding carboxylic acids is 1. The van der Waals surface area contributed by atoms with Gasteiger partial charge in [-0.3, -0.25) is 9.59 Å². The number of anilines is 1. The minimum absolute atomic E-state index is 0.107. The first-order valence-electron chi connectivity index (χ1n) is 8.94. The number of aromatic nitrogens is 2. The third-order valence-electron chi connectivity index (χ3n) is 4.73. The second-order valence-electron chi connectivity index (χ2n) is 6.80. The summed E-state index contributed by atoms with van der Waals surface area (Å²) in [6, 6.07) is 11.3. The maximum atomic E-state index is 13.1. The van der Waals surface area contributed by atoms with Gasteiger partial charge in [-0.15, -0.1) is 0 Å². The summed E-state index contributed by atoms with van der Waals surface area (Å²) in [7, 11) is 1.70. The van der Waals surface area contributed by atoms with Crippen LogP contribution in [0.15, 0.2) is 53.3 Å². The van der Waals surface area contributed by atoms with Crippen molar-refractivity contribution in [3.8, 4) is 0 Å². The number of H-pyrrole nitrogens is 1. The molecule has 0 fully saturated rings. The van der Waals surface area contributed by atoms with Crippen molar-refractivity contribution in [3.05, 3.63) is 70.3 Å². The largest absolute Gasteiger partial charge is 0.418 e. The average Bonchev–Trinajstić information content (AvgIpc) is 2.66. The SMILES string of the molecule is C[C@@H](c1nc2ccccc2c(=O)[nH]1)[NH+](C)CC(=O)Nc1ccccc1C(F)(F)F. The van der Waals surface area contributed by atoms with Crippen molar-refractivity contribution in [3.63, 3.8) is 0 Å². The third-order valence-corrected chi connectivity index (χ3v) is 4.73. The van der Waals surface area contributed by atoms with Crippen LogP contribution in [-0.2, 0) is 11.0 Å². The van der Waals surface area contributed by atoms with Gasteiger partial charge in [0.15, 0.2) is 12.4 Å². The summed E-state index contributed by atoms with van der Waals surface area (Å²) < 4.78 is 39.2. The van der Waals surface area contributed by atoms with Crippen LogP contribution in [0.3, 0.4) is 0 Å². The smallest absolute Gasteiger partial charge is 0.321 e. The first-order valence-corrected chi connectivity index (χ1v) is 8.94. The van der Waals surface area contributed by atoms with Crippen molar-refractivity contribution < 1.29 is 22.9 Å². The van der Waals surface area contributed by atoms with Gasteiger partial charge in [0.1, 0.15) is 6.04 Å². The maximum Gasteiger partial charge on any atom is 0.418 e. The number of nitrogens with one attached hydrogen (secondary N) is 3. The number of fused-ring (bicyclic) bond motifs is 1. The first-order chi connectivity index (χ1) is 13.7. The van der Waals surface area contributed by atoms with Gasteiger partial charge < -0.3 is 15.2 Å². The normalized spacial score (nSPS) is 13.8. The second-order valence-corrected chi connectivity index (χ2v) is 6.80. The predicted octanol–water partition coefficient (Wildman–Crippen LogP) is 2.16. The number of nitrogens with zero attached hydrogens (tertiary/aromatic N) is 1. The van der Waals surface area contributed by atoms with Gasteiger partial charge in [0.2, 0.25) is 0 Å². The van der Waals surface area contributed by atoms with Crippen LogP contribution in [0.25, 0.3) is 10.9 Å². The van der Waals surface area contributed by atoms with Crippen molar-refractivity contribution in [1.29, 1.82) is 0 Å². The van der Waals surface area contributed by atoms with E-state index < -0.39 is 17.6 Å². The zero-order valence-electron chi connectivity index (χ0n) is 15.8. The molecule has 3 rings (SSSR count). The van der Waals surface area contributed by atoms with Crippen molar-refractivity contribution in [2.45, 2.75) is 19.1 Å². The first kappa shape index (κ1) is 20.5. The maximum absolute atomic E-state index is 13.1. The Labute approximate surface area is 164 Å². The van der Waals surface area contributed by atoms with Crippen LogP contribution in [0, 0.1) is 0 Å². The highest BCUT2D eigenvalue weighted by Gasteiger charge is 2.34. The van der Waals surface area contributed by atoms with Crippen molar-refractivity contribution in [1.82, 2.24) is 9.97 Å². The number of amides is 1. The Hall–Kier alpha value is -3.20. The number of rotatable bonds is 5. The fraction of sp³-hybridized carbons (Fsp3) is 0.250. The Morgan fingerprint density at radius 3 is 2.55 bits per heavy atom. The summed E-state index contributed by atoms with van der Waals surface area (Å²) in [6.07, 6.45) is -4.57. The molecule has 1 aromatic heterocycles. The number of carbonyl (C=O) groups is 1. The molecule has 152 valence electrons. The van der Waals surface area contributed by atoms with E-state index >= 15 is 0 Å². The molecule has 0 aliphatic rings. The van der Waals surface area contributed by atoms with Gasteiger partial charge in [-0.25, -0.2) is 4.98 Å². The standard InChI is InChI=1S/C20H19F3N4O2/c1-12(18-25-15-9-5-3-7-13(15)19(29)26-18)27(2)11-17(28)24-16-10-6-4-8-14(16)20(21,22)23/h3-10,12H,11H2,1-2H3,(H,24,28)(H,25,26,29)/p+1/t12-/m0/s1. The molecule has 1 unspecified atom stereocenters. The molecule has 0 aliphatic heterocycles. The van der Waals surface area contributed by atoms with E-state index in [0.29, 0.717) is 21.6 Å². The molecule has 3 N–H and O–H groups in total. The summed E-state index contributed by atoms with van der Waals surface area (Å²) in [6.45, 7) is 1.67. The molecular formula is C20H20F3N4O2+. The Morgan fingerprint density at radius 1 is 1.17 bits per heavy atom. The van der Waals surface area contributed by atoms with Crippen molar-refractivity contribution >= 4 is 22.5 Å². The van der Waals surface area contributed by atoms with Crippen LogP contribution < -0.4 is 15.8 Å². The lowest BCUT2D eigenvalue weighted by Gasteiger charge is -2.21. The molecule has 9 heteroatoms. The summed E-state index contributed by atoms with van der Waals surface area (Å²) in [5, 5.41) is 2.78. The highest BCUT2D eigenvalue weighted by Crippen LogP contribution is 2.34. The van der Waals surface area contributed by atoms with Gasteiger partial charge in [-0.2, -0.15) is 13.2 Å². The molecule has 0 aliphatic carbocycles. The van der Waals surface area contributed by atoms with Gasteiger partial charge in [0.25, 0.3) is 11.5 Å². The van der Waals surface area contributed by atoms with E-state index in [4.69, 9.17) is 0 Å². The molecule has 1 amide bonds. The number of benzene rings is 2. The lowest BCUT2D eigenvalue weighted by Crippen LogP contribution is -3.10. The number of para-hydroxylation sites is 2. The summed E-state index contributed by atoms with van der Waals surface area (Å²) in [5.74, 6) is -0.177. The lowest BCUT2D eigenvalue weighted by molar-refractivity contribution is -0.902. The van der Waals surface area contributed by atoms with E-state index in [2.05, 4.69) is 15.3 Å². The summed E-state index contributed by atoms with van der Waals surface area (Å²) in [5.41, 5.74) is -0.939. The number of quaternary nitrogens is 1. The van der Waals surface area contributed by atoms with Crippen LogP contribution in [0.5, 0.6) is 0 Å². The number of hydrogen-bond donors (Lipinski definition) is 3. The van der Waals surface area contributed by atoms with E-state index in [0.717, 1.165) is 6.07 Å². The molecule has 0 saturated heterocycles. The van der Waals surface area contributed by atoms with E-state index in [1.807, 2.05) is 0 Å². The highest BCUT2D eigenvalue weighted by atomic mass is 19.4. The Bertz CT molecular complexity index is 1090. The number of hydrogen-bond acceptors (Lipinski definition) is 3. The predicted molar refractivity (Wildman–Crippen MR) is 103 cm³/mol. The molecule has 3 aromatic rings. The van der Waals surface area contributed by atoms with Crippen LogP contribution in [0.2, 0.25) is 0 Å². The number of halogens is 3. The van der Waals surface area contributed by atoms with Crippen molar-refractivity contribution in [2.24, 2.45) is 0 Å². The van der Waals surface area contributed by atoms with Gasteiger partial charge in [0, 0.05) is 0 Å². The summed E-state index contributed by atoms with van der Waals surface area (Å²) in [4.78, 5) is 32.4. The van der Waals surface area contributed by atoms with E-state index in [1.54, 1.807) is 38.2 Å². The minimum atomic E-state index is -4.57. The molecule has 0 spiro atoms. The van der Waals surface area contributed by atoms with E-state index in [9.17, 15) is 22.8 Å². The van der Waals surface area contributed by atoms with Crippen molar-refractivity contribution in [2.75, 3.05) is 18.9 Å². The molecule has 0 saturated carbocycles. The summed E-state index contributed by atoms with van der Waals surface area (Å²) >= 11 is 0.